The molecule has 0 heterocycles. The van der Waals surface area contributed by atoms with E-state index in [1.54, 1.807) is 44.1 Å². The molecule has 8 heteroatoms. The number of non-ortho nitro benzene ring substituents is 1. The minimum absolute atomic E-state index is 0.163. The molecule has 2 aromatic rings. The number of amides is 2. The molecule has 0 atom stereocenters. The molecule has 2 N–H and O–H groups in total. The van der Waals surface area contributed by atoms with Crippen LogP contribution in [0, 0.1) is 17.0 Å². The van der Waals surface area contributed by atoms with Gasteiger partial charge in [0.25, 0.3) is 11.6 Å². The van der Waals surface area contributed by atoms with Crippen LogP contribution in [0.15, 0.2) is 36.4 Å². The average Bonchev–Trinajstić information content (AvgIpc) is 2.57. The predicted molar refractivity (Wildman–Crippen MR) is 101 cm³/mol. The quantitative estimate of drug-likeness (QED) is 0.632. The van der Waals surface area contributed by atoms with Crippen molar-refractivity contribution in [2.45, 2.75) is 13.8 Å². The summed E-state index contributed by atoms with van der Waals surface area (Å²) in [5.41, 5.74) is 2.37. The summed E-state index contributed by atoms with van der Waals surface area (Å²) in [6.45, 7) is 3.17. The normalized spacial score (nSPS) is 10.2. The molecule has 0 bridgehead atoms. The molecular weight excluding hydrogens is 336 g/mol. The summed E-state index contributed by atoms with van der Waals surface area (Å²) in [6.07, 6.45) is 0. The van der Waals surface area contributed by atoms with Gasteiger partial charge in [0.05, 0.1) is 10.5 Å². The maximum absolute atomic E-state index is 12.8. The van der Waals surface area contributed by atoms with Gasteiger partial charge in [0, 0.05) is 50.2 Å². The van der Waals surface area contributed by atoms with Gasteiger partial charge in [0.15, 0.2) is 0 Å². The van der Waals surface area contributed by atoms with Gasteiger partial charge in [-0.2, -0.15) is 0 Å². The molecule has 26 heavy (non-hydrogen) atoms. The summed E-state index contributed by atoms with van der Waals surface area (Å²) in [6, 6.07) is 9.27. The lowest BCUT2D eigenvalue weighted by molar-refractivity contribution is -0.384. The molecule has 2 aromatic carbocycles. The number of nitrogens with one attached hydrogen (secondary N) is 2. The van der Waals surface area contributed by atoms with Crippen LogP contribution in [0.5, 0.6) is 0 Å². The van der Waals surface area contributed by atoms with Gasteiger partial charge in [-0.1, -0.05) is 6.07 Å². The SMILES string of the molecule is CC(=O)Nc1cccc(NC(=O)c2cc([N+](=O)[O-])ccc2N(C)C)c1C. The Labute approximate surface area is 151 Å². The topological polar surface area (TPSA) is 105 Å². The van der Waals surface area contributed by atoms with Crippen LogP contribution in [0.2, 0.25) is 0 Å². The molecule has 136 valence electrons. The predicted octanol–water partition coefficient (Wildman–Crippen LogP) is 3.18. The molecule has 0 unspecified atom stereocenters. The second-order valence-electron chi connectivity index (χ2n) is 5.97. The van der Waals surface area contributed by atoms with E-state index in [-0.39, 0.29) is 17.2 Å². The molecule has 0 aliphatic rings. The Morgan fingerprint density at radius 2 is 1.69 bits per heavy atom. The van der Waals surface area contributed by atoms with Gasteiger partial charge in [0.2, 0.25) is 5.91 Å². The summed E-state index contributed by atoms with van der Waals surface area (Å²) in [5, 5.41) is 16.5. The molecular formula is C18H20N4O4. The highest BCUT2D eigenvalue weighted by atomic mass is 16.6. The van der Waals surface area contributed by atoms with Gasteiger partial charge in [-0.05, 0) is 30.7 Å². The van der Waals surface area contributed by atoms with Crippen molar-refractivity contribution in [3.63, 3.8) is 0 Å². The van der Waals surface area contributed by atoms with Gasteiger partial charge in [0.1, 0.15) is 0 Å². The number of hydrogen-bond acceptors (Lipinski definition) is 5. The van der Waals surface area contributed by atoms with Crippen LogP contribution in [0.1, 0.15) is 22.8 Å². The number of nitro groups is 1. The highest BCUT2D eigenvalue weighted by Crippen LogP contribution is 2.27. The van der Waals surface area contributed by atoms with Gasteiger partial charge in [-0.25, -0.2) is 0 Å². The first-order valence-electron chi connectivity index (χ1n) is 7.85. The van der Waals surface area contributed by atoms with E-state index in [2.05, 4.69) is 10.6 Å². The lowest BCUT2D eigenvalue weighted by Gasteiger charge is -2.18. The van der Waals surface area contributed by atoms with E-state index in [9.17, 15) is 19.7 Å². The number of nitrogens with zero attached hydrogens (tertiary/aromatic N) is 2. The van der Waals surface area contributed by atoms with Crippen molar-refractivity contribution in [1.29, 1.82) is 0 Å². The van der Waals surface area contributed by atoms with Gasteiger partial charge >= 0.3 is 0 Å². The van der Waals surface area contributed by atoms with Crippen LogP contribution in [0.3, 0.4) is 0 Å². The van der Waals surface area contributed by atoms with Crippen LogP contribution >= 0.6 is 0 Å². The first-order valence-corrected chi connectivity index (χ1v) is 7.85. The zero-order chi connectivity index (χ0) is 19.4. The molecule has 2 rings (SSSR count). The van der Waals surface area contributed by atoms with E-state index in [1.807, 2.05) is 0 Å². The number of carbonyl (C=O) groups is 2. The first kappa shape index (κ1) is 18.9. The number of nitro benzene ring substituents is 1. The minimum atomic E-state index is -0.543. The standard InChI is InChI=1S/C18H20N4O4/c1-11-15(19-12(2)23)6-5-7-16(11)20-18(24)14-10-13(22(25)26)8-9-17(14)21(3)4/h5-10H,1-4H3,(H,19,23)(H,20,24). The van der Waals surface area contributed by atoms with Crippen LogP contribution in [-0.2, 0) is 4.79 Å². The average molecular weight is 356 g/mol. The van der Waals surface area contributed by atoms with E-state index < -0.39 is 10.8 Å². The van der Waals surface area contributed by atoms with E-state index in [1.165, 1.54) is 25.1 Å². The van der Waals surface area contributed by atoms with Crippen molar-refractivity contribution in [2.24, 2.45) is 0 Å². The lowest BCUT2D eigenvalue weighted by Crippen LogP contribution is -2.19. The Hall–Kier alpha value is -3.42. The van der Waals surface area contributed by atoms with Crippen molar-refractivity contribution < 1.29 is 14.5 Å². The third-order valence-electron chi connectivity index (χ3n) is 3.81. The molecule has 0 fully saturated rings. The van der Waals surface area contributed by atoms with E-state index in [0.717, 1.165) is 0 Å². The maximum atomic E-state index is 12.8. The molecule has 2 amide bonds. The van der Waals surface area contributed by atoms with Crippen molar-refractivity contribution in [2.75, 3.05) is 29.6 Å². The first-order chi connectivity index (χ1) is 12.2. The highest BCUT2D eigenvalue weighted by Gasteiger charge is 2.19. The Balaban J connectivity index is 2.40. The van der Waals surface area contributed by atoms with Gasteiger partial charge in [-0.3, -0.25) is 19.7 Å². The van der Waals surface area contributed by atoms with E-state index >= 15 is 0 Å². The Morgan fingerprint density at radius 3 is 2.23 bits per heavy atom. The number of benzene rings is 2. The van der Waals surface area contributed by atoms with Crippen LogP contribution < -0.4 is 15.5 Å². The summed E-state index contributed by atoms with van der Waals surface area (Å²) in [5.74, 6) is -0.689. The fourth-order valence-corrected chi connectivity index (χ4v) is 2.50. The summed E-state index contributed by atoms with van der Waals surface area (Å²) >= 11 is 0. The van der Waals surface area contributed by atoms with Crippen LogP contribution in [0.4, 0.5) is 22.7 Å². The number of carbonyl (C=O) groups excluding carboxylic acids is 2. The summed E-state index contributed by atoms with van der Waals surface area (Å²) in [4.78, 5) is 36.2. The van der Waals surface area contributed by atoms with Gasteiger partial charge in [-0.15, -0.1) is 0 Å². The monoisotopic (exact) mass is 356 g/mol. The highest BCUT2D eigenvalue weighted by molar-refractivity contribution is 6.09. The summed E-state index contributed by atoms with van der Waals surface area (Å²) in [7, 11) is 3.50. The third-order valence-corrected chi connectivity index (χ3v) is 3.81. The molecule has 0 radical (unpaired) electrons. The summed E-state index contributed by atoms with van der Waals surface area (Å²) < 4.78 is 0. The zero-order valence-electron chi connectivity index (χ0n) is 15.0. The smallest absolute Gasteiger partial charge is 0.270 e. The molecule has 0 saturated carbocycles. The maximum Gasteiger partial charge on any atom is 0.270 e. The van der Waals surface area contributed by atoms with Gasteiger partial charge < -0.3 is 15.5 Å². The van der Waals surface area contributed by atoms with E-state index in [0.29, 0.717) is 22.6 Å². The Morgan fingerprint density at radius 1 is 1.08 bits per heavy atom. The third kappa shape index (κ3) is 4.15. The van der Waals surface area contributed by atoms with Crippen molar-refractivity contribution in [1.82, 2.24) is 0 Å². The number of hydrogen-bond donors (Lipinski definition) is 2. The van der Waals surface area contributed by atoms with Crippen molar-refractivity contribution >= 4 is 34.6 Å². The number of rotatable bonds is 5. The largest absolute Gasteiger partial charge is 0.377 e. The van der Waals surface area contributed by atoms with Crippen molar-refractivity contribution in [3.8, 4) is 0 Å². The molecule has 0 aliphatic heterocycles. The Kier molecular flexibility index (Phi) is 5.56. The molecule has 0 aliphatic carbocycles. The minimum Gasteiger partial charge on any atom is -0.377 e. The molecule has 0 saturated heterocycles. The van der Waals surface area contributed by atoms with Crippen molar-refractivity contribution in [3.05, 3.63) is 57.6 Å². The molecule has 0 aromatic heterocycles. The number of anilines is 3. The lowest BCUT2D eigenvalue weighted by atomic mass is 10.1. The van der Waals surface area contributed by atoms with Crippen LogP contribution in [0.25, 0.3) is 0 Å². The van der Waals surface area contributed by atoms with E-state index in [4.69, 9.17) is 0 Å². The Bertz CT molecular complexity index is 877. The zero-order valence-corrected chi connectivity index (χ0v) is 15.0. The fraction of sp³-hybridized carbons (Fsp3) is 0.222. The molecule has 8 nitrogen and oxygen atoms in total. The van der Waals surface area contributed by atoms with Crippen LogP contribution in [-0.4, -0.2) is 30.8 Å². The molecule has 0 spiro atoms. The second-order valence-corrected chi connectivity index (χ2v) is 5.97. The fourth-order valence-electron chi connectivity index (χ4n) is 2.50. The second kappa shape index (κ2) is 7.64.